The van der Waals surface area contributed by atoms with E-state index in [1.807, 2.05) is 6.92 Å². The van der Waals surface area contributed by atoms with Gasteiger partial charge < -0.3 is 4.74 Å². The largest absolute Gasteiger partial charge is 0.458 e. The molecule has 102 valence electrons. The topological polar surface area (TPSA) is 26.3 Å². The van der Waals surface area contributed by atoms with Crippen LogP contribution in [-0.2, 0) is 9.53 Å². The first kappa shape index (κ1) is 12.5. The lowest BCUT2D eigenvalue weighted by Crippen LogP contribution is -2.47. The van der Waals surface area contributed by atoms with Crippen LogP contribution >= 0.6 is 0 Å². The van der Waals surface area contributed by atoms with Gasteiger partial charge in [-0.2, -0.15) is 0 Å². The molecular weight excluding hydrogens is 224 g/mol. The van der Waals surface area contributed by atoms with Crippen LogP contribution in [0.25, 0.3) is 0 Å². The second kappa shape index (κ2) is 4.25. The molecule has 0 heterocycles. The van der Waals surface area contributed by atoms with Crippen molar-refractivity contribution in [3.8, 4) is 0 Å². The third-order valence-electron chi connectivity index (χ3n) is 6.17. The molecule has 4 aliphatic rings. The molecule has 4 rings (SSSR count). The molecule has 0 aromatic carbocycles. The molecule has 0 aromatic heterocycles. The number of carbonyl (C=O) groups is 1. The van der Waals surface area contributed by atoms with Crippen molar-refractivity contribution in [1.82, 2.24) is 0 Å². The summed E-state index contributed by atoms with van der Waals surface area (Å²) in [6, 6.07) is 0. The van der Waals surface area contributed by atoms with Gasteiger partial charge in [0.2, 0.25) is 0 Å². The van der Waals surface area contributed by atoms with E-state index in [0.717, 1.165) is 24.7 Å². The molecule has 6 atom stereocenters. The minimum atomic E-state index is -0.0851. The fourth-order valence-electron chi connectivity index (χ4n) is 5.09. The van der Waals surface area contributed by atoms with Crippen LogP contribution < -0.4 is 0 Å². The summed E-state index contributed by atoms with van der Waals surface area (Å²) in [5.41, 5.74) is -0.0851. The van der Waals surface area contributed by atoms with E-state index in [4.69, 9.17) is 4.74 Å². The van der Waals surface area contributed by atoms with Crippen LogP contribution in [0.5, 0.6) is 0 Å². The SMILES string of the molecule is CCC(C)C(=O)OC1(CC)C2CC3CC(C2)C1C3. The van der Waals surface area contributed by atoms with Crippen LogP contribution in [0.2, 0.25) is 0 Å². The van der Waals surface area contributed by atoms with Gasteiger partial charge in [0.15, 0.2) is 0 Å². The van der Waals surface area contributed by atoms with E-state index >= 15 is 0 Å². The van der Waals surface area contributed by atoms with Crippen LogP contribution in [0.15, 0.2) is 0 Å². The number of hydrogen-bond acceptors (Lipinski definition) is 2. The smallest absolute Gasteiger partial charge is 0.309 e. The zero-order valence-corrected chi connectivity index (χ0v) is 11.9. The quantitative estimate of drug-likeness (QED) is 0.710. The van der Waals surface area contributed by atoms with Gasteiger partial charge in [-0.05, 0) is 56.3 Å². The van der Waals surface area contributed by atoms with Crippen LogP contribution in [0, 0.1) is 29.6 Å². The minimum Gasteiger partial charge on any atom is -0.458 e. The Kier molecular flexibility index (Phi) is 2.95. The Morgan fingerprint density at radius 2 is 2.06 bits per heavy atom. The van der Waals surface area contributed by atoms with Crippen molar-refractivity contribution in [2.24, 2.45) is 29.6 Å². The number of esters is 1. The average molecular weight is 250 g/mol. The van der Waals surface area contributed by atoms with Crippen LogP contribution in [-0.4, -0.2) is 11.6 Å². The van der Waals surface area contributed by atoms with Gasteiger partial charge in [0.1, 0.15) is 5.60 Å². The summed E-state index contributed by atoms with van der Waals surface area (Å²) in [4.78, 5) is 12.2. The Bertz CT molecular complexity index is 347. The standard InChI is InChI=1S/C16H26O2/c1-4-10(3)15(17)18-16(5-2)13-7-11-6-12(9-13)14(16)8-11/h10-14H,4-9H2,1-3H3. The van der Waals surface area contributed by atoms with E-state index in [1.165, 1.54) is 25.7 Å². The van der Waals surface area contributed by atoms with Gasteiger partial charge in [-0.1, -0.05) is 20.8 Å². The van der Waals surface area contributed by atoms with Crippen LogP contribution in [0.4, 0.5) is 0 Å². The monoisotopic (exact) mass is 250 g/mol. The molecule has 2 heteroatoms. The maximum Gasteiger partial charge on any atom is 0.309 e. The number of ether oxygens (including phenoxy) is 1. The van der Waals surface area contributed by atoms with Crippen LogP contribution in [0.3, 0.4) is 0 Å². The molecule has 2 nitrogen and oxygen atoms in total. The maximum absolute atomic E-state index is 12.2. The Balaban J connectivity index is 1.81. The summed E-state index contributed by atoms with van der Waals surface area (Å²) in [6.45, 7) is 6.28. The normalized spacial score (nSPS) is 46.4. The van der Waals surface area contributed by atoms with Gasteiger partial charge in [-0.25, -0.2) is 0 Å². The van der Waals surface area contributed by atoms with Crippen molar-refractivity contribution in [2.45, 2.75) is 64.9 Å². The maximum atomic E-state index is 12.2. The molecular formula is C16H26O2. The predicted octanol–water partition coefficient (Wildman–Crippen LogP) is 3.79. The zero-order valence-electron chi connectivity index (χ0n) is 11.9. The molecule has 4 saturated carbocycles. The molecule has 0 radical (unpaired) electrons. The van der Waals surface area contributed by atoms with Crippen molar-refractivity contribution >= 4 is 5.97 Å². The van der Waals surface area contributed by atoms with Gasteiger partial charge in [0.05, 0.1) is 5.92 Å². The molecule has 0 amide bonds. The van der Waals surface area contributed by atoms with Gasteiger partial charge in [0, 0.05) is 5.92 Å². The Hall–Kier alpha value is -0.530. The minimum absolute atomic E-state index is 0.0513. The molecule has 4 fully saturated rings. The number of hydrogen-bond donors (Lipinski definition) is 0. The second-order valence-corrected chi connectivity index (χ2v) is 6.91. The third kappa shape index (κ3) is 1.57. The van der Waals surface area contributed by atoms with Gasteiger partial charge >= 0.3 is 5.97 Å². The Morgan fingerprint density at radius 1 is 1.28 bits per heavy atom. The molecule has 0 spiro atoms. The second-order valence-electron chi connectivity index (χ2n) is 6.91. The summed E-state index contributed by atoms with van der Waals surface area (Å²) < 4.78 is 6.13. The van der Waals surface area contributed by atoms with E-state index in [2.05, 4.69) is 13.8 Å². The molecule has 0 aliphatic heterocycles. The molecule has 0 aromatic rings. The van der Waals surface area contributed by atoms with Crippen molar-refractivity contribution in [3.63, 3.8) is 0 Å². The first-order valence-corrected chi connectivity index (χ1v) is 7.83. The zero-order chi connectivity index (χ0) is 12.9. The molecule has 4 aliphatic carbocycles. The average Bonchev–Trinajstić information content (AvgIpc) is 2.78. The molecule has 6 unspecified atom stereocenters. The van der Waals surface area contributed by atoms with Gasteiger partial charge in [-0.15, -0.1) is 0 Å². The number of carbonyl (C=O) groups excluding carboxylic acids is 1. The predicted molar refractivity (Wildman–Crippen MR) is 71.0 cm³/mol. The summed E-state index contributed by atoms with van der Waals surface area (Å²) in [5, 5.41) is 0. The van der Waals surface area contributed by atoms with Crippen molar-refractivity contribution in [2.75, 3.05) is 0 Å². The first-order chi connectivity index (χ1) is 8.60. The summed E-state index contributed by atoms with van der Waals surface area (Å²) in [7, 11) is 0. The fraction of sp³-hybridized carbons (Fsp3) is 0.938. The lowest BCUT2D eigenvalue weighted by Gasteiger charge is -2.43. The highest BCUT2D eigenvalue weighted by atomic mass is 16.6. The summed E-state index contributed by atoms with van der Waals surface area (Å²) in [5.74, 6) is 3.26. The van der Waals surface area contributed by atoms with Gasteiger partial charge in [-0.3, -0.25) is 4.79 Å². The van der Waals surface area contributed by atoms with Gasteiger partial charge in [0.25, 0.3) is 0 Å². The van der Waals surface area contributed by atoms with Crippen molar-refractivity contribution in [1.29, 1.82) is 0 Å². The van der Waals surface area contributed by atoms with E-state index in [1.54, 1.807) is 0 Å². The Labute approximate surface area is 110 Å². The molecule has 0 saturated heterocycles. The third-order valence-corrected chi connectivity index (χ3v) is 6.17. The lowest BCUT2D eigenvalue weighted by molar-refractivity contribution is -0.179. The fourth-order valence-corrected chi connectivity index (χ4v) is 5.09. The summed E-state index contributed by atoms with van der Waals surface area (Å²) >= 11 is 0. The van der Waals surface area contributed by atoms with E-state index in [0.29, 0.717) is 11.8 Å². The highest BCUT2D eigenvalue weighted by Gasteiger charge is 2.63. The highest BCUT2D eigenvalue weighted by Crippen LogP contribution is 2.65. The van der Waals surface area contributed by atoms with Crippen molar-refractivity contribution < 1.29 is 9.53 Å². The Morgan fingerprint density at radius 3 is 2.67 bits per heavy atom. The molecule has 18 heavy (non-hydrogen) atoms. The number of rotatable bonds is 4. The molecule has 0 N–H and O–H groups in total. The van der Waals surface area contributed by atoms with E-state index < -0.39 is 0 Å². The van der Waals surface area contributed by atoms with E-state index in [-0.39, 0.29) is 17.5 Å². The van der Waals surface area contributed by atoms with Crippen LogP contribution in [0.1, 0.15) is 59.3 Å². The van der Waals surface area contributed by atoms with Crippen molar-refractivity contribution in [3.05, 3.63) is 0 Å². The van der Waals surface area contributed by atoms with E-state index in [9.17, 15) is 4.79 Å². The highest BCUT2D eigenvalue weighted by molar-refractivity contribution is 5.72. The molecule has 4 bridgehead atoms. The lowest BCUT2D eigenvalue weighted by atomic mass is 9.71. The summed E-state index contributed by atoms with van der Waals surface area (Å²) in [6.07, 6.45) is 7.28. The first-order valence-electron chi connectivity index (χ1n) is 7.83.